The molecule has 6 nitrogen and oxygen atoms in total. The number of anilines is 1. The predicted octanol–water partition coefficient (Wildman–Crippen LogP) is 3.14. The molecule has 23 heavy (non-hydrogen) atoms. The number of nitrogens with one attached hydrogen (secondary N) is 1. The van der Waals surface area contributed by atoms with Crippen molar-refractivity contribution in [1.82, 2.24) is 10.2 Å². The maximum atomic E-state index is 11.5. The molecule has 0 aliphatic heterocycles. The third kappa shape index (κ3) is 3.55. The van der Waals surface area contributed by atoms with E-state index in [0.29, 0.717) is 23.9 Å². The van der Waals surface area contributed by atoms with Crippen molar-refractivity contribution in [3.8, 4) is 11.5 Å². The van der Waals surface area contributed by atoms with Crippen LogP contribution in [0.25, 0.3) is 11.5 Å². The molecule has 3 rings (SSSR count). The number of hydrogen-bond acceptors (Lipinski definition) is 6. The largest absolute Gasteiger partial charge is 0.465 e. The number of hydrogen-bond donors (Lipinski definition) is 1. The van der Waals surface area contributed by atoms with Crippen molar-refractivity contribution < 1.29 is 13.9 Å². The van der Waals surface area contributed by atoms with Crippen molar-refractivity contribution in [1.29, 1.82) is 0 Å². The molecule has 0 saturated heterocycles. The zero-order chi connectivity index (χ0) is 16.1. The Morgan fingerprint density at radius 3 is 2.74 bits per heavy atom. The van der Waals surface area contributed by atoms with E-state index in [9.17, 15) is 4.79 Å². The van der Waals surface area contributed by atoms with E-state index in [1.807, 2.05) is 36.4 Å². The average Bonchev–Trinajstić information content (AvgIpc) is 3.09. The van der Waals surface area contributed by atoms with Gasteiger partial charge >= 0.3 is 5.97 Å². The van der Waals surface area contributed by atoms with Crippen molar-refractivity contribution in [2.45, 2.75) is 6.54 Å². The van der Waals surface area contributed by atoms with Gasteiger partial charge in [-0.25, -0.2) is 4.79 Å². The van der Waals surface area contributed by atoms with Crippen molar-refractivity contribution in [3.05, 3.63) is 66.1 Å². The van der Waals surface area contributed by atoms with E-state index in [0.717, 1.165) is 11.3 Å². The number of nitrogens with zero attached hydrogens (tertiary/aromatic N) is 2. The van der Waals surface area contributed by atoms with E-state index in [-0.39, 0.29) is 5.97 Å². The third-order valence-corrected chi connectivity index (χ3v) is 3.21. The molecule has 0 bridgehead atoms. The van der Waals surface area contributed by atoms with Crippen LogP contribution in [0, 0.1) is 0 Å². The van der Waals surface area contributed by atoms with E-state index in [2.05, 4.69) is 15.5 Å². The fraction of sp³-hybridized carbons (Fsp3) is 0.118. The Hall–Kier alpha value is -3.15. The quantitative estimate of drug-likeness (QED) is 0.730. The van der Waals surface area contributed by atoms with Crippen molar-refractivity contribution in [2.24, 2.45) is 0 Å². The second-order valence-corrected chi connectivity index (χ2v) is 4.79. The summed E-state index contributed by atoms with van der Waals surface area (Å²) in [5, 5.41) is 11.2. The molecule has 0 spiro atoms. The van der Waals surface area contributed by atoms with Crippen LogP contribution in [0.3, 0.4) is 0 Å². The highest BCUT2D eigenvalue weighted by Crippen LogP contribution is 2.18. The zero-order valence-electron chi connectivity index (χ0n) is 12.5. The molecule has 2 aromatic carbocycles. The third-order valence-electron chi connectivity index (χ3n) is 3.21. The molecule has 0 aliphatic carbocycles. The van der Waals surface area contributed by atoms with Crippen molar-refractivity contribution >= 4 is 11.7 Å². The SMILES string of the molecule is COC(=O)c1cccc(NCc2nnc(-c3ccccc3)o2)c1. The van der Waals surface area contributed by atoms with Gasteiger partial charge in [0.05, 0.1) is 19.2 Å². The van der Waals surface area contributed by atoms with Gasteiger partial charge in [-0.2, -0.15) is 0 Å². The summed E-state index contributed by atoms with van der Waals surface area (Å²) in [6, 6.07) is 16.6. The molecule has 0 fully saturated rings. The van der Waals surface area contributed by atoms with Crippen LogP contribution in [0.1, 0.15) is 16.2 Å². The summed E-state index contributed by atoms with van der Waals surface area (Å²) in [5.41, 5.74) is 2.12. The first-order valence-corrected chi connectivity index (χ1v) is 7.06. The van der Waals surface area contributed by atoms with Gasteiger partial charge in [0.2, 0.25) is 11.8 Å². The lowest BCUT2D eigenvalue weighted by Gasteiger charge is -2.05. The van der Waals surface area contributed by atoms with Crippen LogP contribution >= 0.6 is 0 Å². The zero-order valence-corrected chi connectivity index (χ0v) is 12.5. The number of benzene rings is 2. The topological polar surface area (TPSA) is 77.2 Å². The van der Waals surface area contributed by atoms with Crippen LogP contribution in [0.5, 0.6) is 0 Å². The standard InChI is InChI=1S/C17H15N3O3/c1-22-17(21)13-8-5-9-14(10-13)18-11-15-19-20-16(23-15)12-6-3-2-4-7-12/h2-10,18H,11H2,1H3. The van der Waals surface area contributed by atoms with E-state index < -0.39 is 0 Å². The molecule has 0 amide bonds. The predicted molar refractivity (Wildman–Crippen MR) is 84.8 cm³/mol. The van der Waals surface area contributed by atoms with Crippen LogP contribution in [0.4, 0.5) is 5.69 Å². The Morgan fingerprint density at radius 2 is 1.96 bits per heavy atom. The highest BCUT2D eigenvalue weighted by atomic mass is 16.5. The summed E-state index contributed by atoms with van der Waals surface area (Å²) < 4.78 is 10.3. The Kier molecular flexibility index (Phi) is 4.33. The molecule has 1 heterocycles. The highest BCUT2D eigenvalue weighted by Gasteiger charge is 2.09. The van der Waals surface area contributed by atoms with Gasteiger partial charge in [-0.15, -0.1) is 10.2 Å². The lowest BCUT2D eigenvalue weighted by atomic mass is 10.2. The van der Waals surface area contributed by atoms with Gasteiger partial charge in [-0.05, 0) is 30.3 Å². The molecule has 116 valence electrons. The smallest absolute Gasteiger partial charge is 0.337 e. The fourth-order valence-corrected chi connectivity index (χ4v) is 2.07. The van der Waals surface area contributed by atoms with Crippen molar-refractivity contribution in [2.75, 3.05) is 12.4 Å². The molecular formula is C17H15N3O3. The molecule has 1 N–H and O–H groups in total. The highest BCUT2D eigenvalue weighted by molar-refractivity contribution is 5.90. The number of methoxy groups -OCH3 is 1. The molecule has 1 aromatic heterocycles. The normalized spacial score (nSPS) is 10.3. The summed E-state index contributed by atoms with van der Waals surface area (Å²) in [5.74, 6) is 0.566. The Morgan fingerprint density at radius 1 is 1.13 bits per heavy atom. The van der Waals surface area contributed by atoms with E-state index in [1.165, 1.54) is 7.11 Å². The van der Waals surface area contributed by atoms with Gasteiger partial charge in [-0.3, -0.25) is 0 Å². The van der Waals surface area contributed by atoms with Gasteiger partial charge < -0.3 is 14.5 Å². The van der Waals surface area contributed by atoms with Gasteiger partial charge in [0.25, 0.3) is 0 Å². The van der Waals surface area contributed by atoms with Crippen LogP contribution in [0.2, 0.25) is 0 Å². The first-order chi connectivity index (χ1) is 11.3. The summed E-state index contributed by atoms with van der Waals surface area (Å²) in [6.45, 7) is 0.366. The number of esters is 1. The van der Waals surface area contributed by atoms with E-state index >= 15 is 0 Å². The lowest BCUT2D eigenvalue weighted by Crippen LogP contribution is -2.04. The lowest BCUT2D eigenvalue weighted by molar-refractivity contribution is 0.0601. The van der Waals surface area contributed by atoms with Gasteiger partial charge in [0.15, 0.2) is 0 Å². The van der Waals surface area contributed by atoms with Gasteiger partial charge in [-0.1, -0.05) is 24.3 Å². The number of ether oxygens (including phenoxy) is 1. The molecule has 0 atom stereocenters. The maximum absolute atomic E-state index is 11.5. The van der Waals surface area contributed by atoms with Crippen LogP contribution in [-0.2, 0) is 11.3 Å². The molecule has 3 aromatic rings. The van der Waals surface area contributed by atoms with Gasteiger partial charge in [0, 0.05) is 11.3 Å². The Bertz CT molecular complexity index is 800. The fourth-order valence-electron chi connectivity index (χ4n) is 2.07. The van der Waals surface area contributed by atoms with E-state index in [1.54, 1.807) is 18.2 Å². The first-order valence-electron chi connectivity index (χ1n) is 7.06. The molecule has 0 radical (unpaired) electrons. The van der Waals surface area contributed by atoms with Gasteiger partial charge in [0.1, 0.15) is 0 Å². The molecule has 0 aliphatic rings. The number of carbonyl (C=O) groups is 1. The number of rotatable bonds is 5. The van der Waals surface area contributed by atoms with Crippen LogP contribution in [-0.4, -0.2) is 23.3 Å². The summed E-state index contributed by atoms with van der Waals surface area (Å²) in [7, 11) is 1.35. The summed E-state index contributed by atoms with van der Waals surface area (Å²) in [6.07, 6.45) is 0. The second-order valence-electron chi connectivity index (χ2n) is 4.79. The molecule has 0 unspecified atom stereocenters. The van der Waals surface area contributed by atoms with Crippen LogP contribution < -0.4 is 5.32 Å². The Balaban J connectivity index is 1.67. The minimum Gasteiger partial charge on any atom is -0.465 e. The number of carbonyl (C=O) groups excluding carboxylic acids is 1. The molecule has 6 heteroatoms. The second kappa shape index (κ2) is 6.74. The van der Waals surface area contributed by atoms with Crippen LogP contribution in [0.15, 0.2) is 59.0 Å². The first kappa shape index (κ1) is 14.8. The molecular weight excluding hydrogens is 294 g/mol. The molecule has 0 saturated carbocycles. The van der Waals surface area contributed by atoms with Crippen molar-refractivity contribution in [3.63, 3.8) is 0 Å². The van der Waals surface area contributed by atoms with E-state index in [4.69, 9.17) is 9.15 Å². The monoisotopic (exact) mass is 309 g/mol. The maximum Gasteiger partial charge on any atom is 0.337 e. The average molecular weight is 309 g/mol. The minimum atomic E-state index is -0.377. The Labute approximate surface area is 133 Å². The minimum absolute atomic E-state index is 0.366. The summed E-state index contributed by atoms with van der Waals surface area (Å²) >= 11 is 0. The number of aromatic nitrogens is 2. The summed E-state index contributed by atoms with van der Waals surface area (Å²) in [4.78, 5) is 11.5.